The highest BCUT2D eigenvalue weighted by atomic mass is 16.5. The molecule has 1 N–H and O–H groups in total. The topological polar surface area (TPSA) is 41.6 Å². The molecular formula is C21H32N2O2. The molecule has 1 heterocycles. The van der Waals surface area contributed by atoms with E-state index in [-0.39, 0.29) is 0 Å². The maximum absolute atomic E-state index is 12.8. The number of likely N-dealkylation sites (tertiary alicyclic amines) is 1. The molecule has 1 aliphatic heterocycles. The van der Waals surface area contributed by atoms with Crippen molar-refractivity contribution in [1.29, 1.82) is 0 Å². The number of benzene rings is 1. The van der Waals surface area contributed by atoms with E-state index in [2.05, 4.69) is 30.1 Å². The molecule has 2 aliphatic rings. The van der Waals surface area contributed by atoms with Crippen LogP contribution in [0, 0.1) is 18.8 Å². The first-order valence-corrected chi connectivity index (χ1v) is 9.76. The lowest BCUT2D eigenvalue weighted by Crippen LogP contribution is -2.50. The summed E-state index contributed by atoms with van der Waals surface area (Å²) in [5.41, 5.74) is 2.16. The van der Waals surface area contributed by atoms with Gasteiger partial charge in [-0.3, -0.25) is 4.79 Å². The maximum atomic E-state index is 12.8. The number of fused-ring (bicyclic) bond motifs is 1. The van der Waals surface area contributed by atoms with Crippen LogP contribution in [0.3, 0.4) is 0 Å². The van der Waals surface area contributed by atoms with Crippen LogP contribution in [-0.4, -0.2) is 37.0 Å². The summed E-state index contributed by atoms with van der Waals surface area (Å²) in [7, 11) is 1.68. The van der Waals surface area contributed by atoms with Crippen molar-refractivity contribution in [3.63, 3.8) is 0 Å². The second-order valence-electron chi connectivity index (χ2n) is 7.86. The van der Waals surface area contributed by atoms with Gasteiger partial charge in [0.05, 0.1) is 12.8 Å². The molecule has 0 unspecified atom stereocenters. The highest BCUT2D eigenvalue weighted by Gasteiger charge is 2.37. The lowest BCUT2D eigenvalue weighted by Gasteiger charge is -2.45. The normalized spacial score (nSPS) is 26.0. The number of carbonyl (C=O) groups is 1. The van der Waals surface area contributed by atoms with Gasteiger partial charge in [0.15, 0.2) is 0 Å². The van der Waals surface area contributed by atoms with Crippen LogP contribution < -0.4 is 10.1 Å². The van der Waals surface area contributed by atoms with Crippen LogP contribution in [0.15, 0.2) is 18.2 Å². The number of amides is 1. The molecule has 4 nitrogen and oxygen atoms in total. The van der Waals surface area contributed by atoms with E-state index in [1.165, 1.54) is 37.7 Å². The quantitative estimate of drug-likeness (QED) is 0.869. The zero-order valence-corrected chi connectivity index (χ0v) is 15.9. The number of methoxy groups -OCH3 is 1. The predicted molar refractivity (Wildman–Crippen MR) is 102 cm³/mol. The summed E-state index contributed by atoms with van der Waals surface area (Å²) in [6.07, 6.45) is 6.78. The van der Waals surface area contributed by atoms with E-state index in [9.17, 15) is 4.79 Å². The first-order valence-electron chi connectivity index (χ1n) is 9.76. The van der Waals surface area contributed by atoms with E-state index < -0.39 is 0 Å². The van der Waals surface area contributed by atoms with E-state index in [4.69, 9.17) is 4.74 Å². The Morgan fingerprint density at radius 2 is 2.16 bits per heavy atom. The first kappa shape index (κ1) is 18.1. The van der Waals surface area contributed by atoms with Gasteiger partial charge in [-0.15, -0.1) is 0 Å². The summed E-state index contributed by atoms with van der Waals surface area (Å²) < 4.78 is 5.40. The highest BCUT2D eigenvalue weighted by molar-refractivity contribution is 5.77. The van der Waals surface area contributed by atoms with Crippen LogP contribution in [0.1, 0.15) is 51.0 Å². The van der Waals surface area contributed by atoms with Crippen LogP contribution in [0.25, 0.3) is 0 Å². The van der Waals surface area contributed by atoms with Crippen molar-refractivity contribution >= 4 is 11.6 Å². The number of nitrogens with zero attached hydrogens (tertiary/aromatic N) is 1. The SMILES string of the molecule is COc1ccc(C)cc1NCCC(=O)N1CCC[C@@H]2C[C@H](C)CC[C@@H]21. The summed E-state index contributed by atoms with van der Waals surface area (Å²) in [6, 6.07) is 6.57. The molecule has 4 heteroatoms. The van der Waals surface area contributed by atoms with Gasteiger partial charge in [0.2, 0.25) is 5.91 Å². The summed E-state index contributed by atoms with van der Waals surface area (Å²) in [5.74, 6) is 2.69. The minimum atomic E-state index is 0.309. The lowest BCUT2D eigenvalue weighted by atomic mass is 9.74. The Labute approximate surface area is 151 Å². The Bertz CT molecular complexity index is 602. The lowest BCUT2D eigenvalue weighted by molar-refractivity contribution is -0.137. The second-order valence-corrected chi connectivity index (χ2v) is 7.86. The van der Waals surface area contributed by atoms with Crippen molar-refractivity contribution in [2.45, 2.75) is 58.4 Å². The predicted octanol–water partition coefficient (Wildman–Crippen LogP) is 4.23. The zero-order chi connectivity index (χ0) is 17.8. The van der Waals surface area contributed by atoms with E-state index in [0.29, 0.717) is 24.9 Å². The molecule has 3 atom stereocenters. The summed E-state index contributed by atoms with van der Waals surface area (Å²) in [6.45, 7) is 6.02. The average molecular weight is 344 g/mol. The summed E-state index contributed by atoms with van der Waals surface area (Å²) in [4.78, 5) is 15.0. The fraction of sp³-hybridized carbons (Fsp3) is 0.667. The largest absolute Gasteiger partial charge is 0.495 e. The highest BCUT2D eigenvalue weighted by Crippen LogP contribution is 2.38. The van der Waals surface area contributed by atoms with Crippen LogP contribution in [0.5, 0.6) is 5.75 Å². The zero-order valence-electron chi connectivity index (χ0n) is 15.9. The van der Waals surface area contributed by atoms with Crippen molar-refractivity contribution in [2.75, 3.05) is 25.5 Å². The molecule has 2 fully saturated rings. The third-order valence-corrected chi connectivity index (χ3v) is 5.91. The Kier molecular flexibility index (Phi) is 5.87. The van der Waals surface area contributed by atoms with E-state index in [1.54, 1.807) is 7.11 Å². The molecule has 138 valence electrons. The van der Waals surface area contributed by atoms with Gasteiger partial charge < -0.3 is 15.0 Å². The maximum Gasteiger partial charge on any atom is 0.224 e. The van der Waals surface area contributed by atoms with Gasteiger partial charge >= 0.3 is 0 Å². The summed E-state index contributed by atoms with van der Waals surface area (Å²) >= 11 is 0. The van der Waals surface area contributed by atoms with Gasteiger partial charge in [-0.05, 0) is 68.6 Å². The number of piperidine rings is 1. The van der Waals surface area contributed by atoms with Crippen LogP contribution >= 0.6 is 0 Å². The molecule has 1 saturated heterocycles. The number of aryl methyl sites for hydroxylation is 1. The van der Waals surface area contributed by atoms with Crippen molar-refractivity contribution in [2.24, 2.45) is 11.8 Å². The third-order valence-electron chi connectivity index (χ3n) is 5.91. The monoisotopic (exact) mass is 344 g/mol. The average Bonchev–Trinajstić information content (AvgIpc) is 2.61. The number of anilines is 1. The number of ether oxygens (including phenoxy) is 1. The van der Waals surface area contributed by atoms with E-state index in [1.807, 2.05) is 12.1 Å². The fourth-order valence-electron chi connectivity index (χ4n) is 4.61. The number of rotatable bonds is 5. The molecule has 1 saturated carbocycles. The van der Waals surface area contributed by atoms with Crippen molar-refractivity contribution in [1.82, 2.24) is 4.90 Å². The minimum Gasteiger partial charge on any atom is -0.495 e. The summed E-state index contributed by atoms with van der Waals surface area (Å²) in [5, 5.41) is 3.38. The molecule has 1 aromatic carbocycles. The molecule has 3 rings (SSSR count). The van der Waals surface area contributed by atoms with Gasteiger partial charge in [-0.1, -0.05) is 13.0 Å². The van der Waals surface area contributed by atoms with Crippen LogP contribution in [0.2, 0.25) is 0 Å². The number of hydrogen-bond acceptors (Lipinski definition) is 3. The number of hydrogen-bond donors (Lipinski definition) is 1. The molecule has 1 amide bonds. The Morgan fingerprint density at radius 3 is 2.96 bits per heavy atom. The van der Waals surface area contributed by atoms with Gasteiger partial charge in [0.1, 0.15) is 5.75 Å². The Morgan fingerprint density at radius 1 is 1.32 bits per heavy atom. The van der Waals surface area contributed by atoms with E-state index in [0.717, 1.165) is 29.8 Å². The smallest absolute Gasteiger partial charge is 0.224 e. The van der Waals surface area contributed by atoms with Crippen LogP contribution in [0.4, 0.5) is 5.69 Å². The van der Waals surface area contributed by atoms with Crippen molar-refractivity contribution in [3.05, 3.63) is 23.8 Å². The fourth-order valence-corrected chi connectivity index (χ4v) is 4.61. The van der Waals surface area contributed by atoms with E-state index >= 15 is 0 Å². The first-order chi connectivity index (χ1) is 12.1. The number of carbonyl (C=O) groups excluding carboxylic acids is 1. The number of nitrogens with one attached hydrogen (secondary N) is 1. The van der Waals surface area contributed by atoms with Crippen molar-refractivity contribution in [3.8, 4) is 5.75 Å². The minimum absolute atomic E-state index is 0.309. The van der Waals surface area contributed by atoms with Gasteiger partial charge in [-0.2, -0.15) is 0 Å². The molecular weight excluding hydrogens is 312 g/mol. The third kappa shape index (κ3) is 4.28. The molecule has 0 spiro atoms. The van der Waals surface area contributed by atoms with Gasteiger partial charge in [0.25, 0.3) is 0 Å². The second kappa shape index (κ2) is 8.11. The van der Waals surface area contributed by atoms with Gasteiger partial charge in [0, 0.05) is 25.6 Å². The molecule has 1 aliphatic carbocycles. The van der Waals surface area contributed by atoms with Crippen LogP contribution in [-0.2, 0) is 4.79 Å². The van der Waals surface area contributed by atoms with Crippen molar-refractivity contribution < 1.29 is 9.53 Å². The molecule has 25 heavy (non-hydrogen) atoms. The molecule has 0 radical (unpaired) electrons. The molecule has 1 aromatic rings. The Balaban J connectivity index is 1.55. The Hall–Kier alpha value is -1.71. The molecule has 0 bridgehead atoms. The standard InChI is InChI=1S/C21H32N2O2/c1-15-6-8-19-17(13-15)5-4-12-23(19)21(24)10-11-22-18-14-16(2)7-9-20(18)25-3/h7,9,14-15,17,19,22H,4-6,8,10-13H2,1-3H3/t15-,17-,19+/m1/s1. The molecule has 0 aromatic heterocycles. The van der Waals surface area contributed by atoms with Gasteiger partial charge in [-0.25, -0.2) is 0 Å².